The van der Waals surface area contributed by atoms with Crippen LogP contribution in [0.15, 0.2) is 127 Å². The molecular weight excluding hydrogens is 1780 g/mol. The number of nitrogens with one attached hydrogen (secondary N) is 6. The van der Waals surface area contributed by atoms with E-state index in [1.54, 1.807) is 126 Å². The first kappa shape index (κ1) is 114. The molecule has 0 saturated carbocycles. The summed E-state index contributed by atoms with van der Waals surface area (Å²) in [6, 6.07) is 28.9. The fourth-order valence-corrected chi connectivity index (χ4v) is 16.6. The van der Waals surface area contributed by atoms with Crippen LogP contribution in [0.4, 0.5) is 4.39 Å². The molecule has 6 aromatic carbocycles. The molecule has 0 bridgehead atoms. The molecule has 12 atom stereocenters. The lowest BCUT2D eigenvalue weighted by Gasteiger charge is -2.36. The molecule has 0 aliphatic heterocycles. The van der Waals surface area contributed by atoms with Gasteiger partial charge in [0, 0.05) is 68.4 Å². The summed E-state index contributed by atoms with van der Waals surface area (Å²) in [5.74, 6) is -11.5. The molecule has 1 heterocycles. The first-order valence-electron chi connectivity index (χ1n) is 48.0. The molecule has 1 unspecified atom stereocenters. The predicted molar refractivity (Wildman–Crippen MR) is 527 cm³/mol. The van der Waals surface area contributed by atoms with Crippen LogP contribution in [0.2, 0.25) is 0 Å². The van der Waals surface area contributed by atoms with E-state index in [1.807, 2.05) is 56.3 Å². The van der Waals surface area contributed by atoms with Gasteiger partial charge in [0.25, 0.3) is 5.91 Å². The third-order valence-corrected chi connectivity index (χ3v) is 23.4. The van der Waals surface area contributed by atoms with E-state index >= 15 is 38.0 Å². The number of rotatable bonds is 57. The number of primary amides is 1. The van der Waals surface area contributed by atoms with Crippen LogP contribution in [-0.2, 0) is 109 Å². The van der Waals surface area contributed by atoms with Crippen molar-refractivity contribution in [2.75, 3.05) is 34.0 Å². The molecule has 0 fully saturated rings. The maximum Gasteiger partial charge on any atom is 0.308 e. The highest BCUT2D eigenvalue weighted by molar-refractivity contribution is 6.00. The average molecular weight is 1930 g/mol. The number of carbonyl (C=O) groups is 12. The summed E-state index contributed by atoms with van der Waals surface area (Å²) in [5.41, 5.74) is 12.9. The number of nitrogens with two attached hydrogens (primary N) is 2. The number of amides is 6. The molecular formula is C107H148FN11O20. The van der Waals surface area contributed by atoms with Crippen LogP contribution in [0.3, 0.4) is 0 Å². The molecule has 0 spiro atoms. The van der Waals surface area contributed by atoms with Crippen molar-refractivity contribution in [2.45, 2.75) is 324 Å². The Morgan fingerprint density at radius 2 is 1.14 bits per heavy atom. The molecule has 758 valence electrons. The number of hydrogen-bond acceptors (Lipinski definition) is 24. The lowest BCUT2D eigenvalue weighted by atomic mass is 9.76. The number of hydrogen-bond donors (Lipinski definition) is 8. The predicted octanol–water partition coefficient (Wildman–Crippen LogP) is 13.7. The van der Waals surface area contributed by atoms with Crippen LogP contribution in [-0.4, -0.2) is 196 Å². The van der Waals surface area contributed by atoms with Gasteiger partial charge in [0.15, 0.2) is 41.3 Å². The Hall–Kier alpha value is -12.0. The third kappa shape index (κ3) is 38.3. The SMILES string of the molecule is CCCCCOc1ccc(-c2ccc(C[C@H](CC(=O)[C@H](CC(=O)OC(C)(C)C)NC(=O)[C@H](COC(C)(C)C)CC(=O)[C@@H](NC(=O)[C@@](C)(CC(=O)[C@@H](NC(=O)CCC(=O)[C@H](Cc3nn[nH]n3)NC(=O)[C@H](C)N)[C@@H](C)OC(C)(C)C)Cc3ccccc3F)[C@@H](C)OC(C)(C)C)C(=O)N[C@@H](CCCc3cc(C)cc(C)c3)C(=O)CC(c3ccc(OCC(N)=O)cc3)c3ccc(OC)cc3OC)cc2)c(CC)c1. The minimum atomic E-state index is -2.01. The Morgan fingerprint density at radius 1 is 0.532 bits per heavy atom. The number of benzene rings is 6. The maximum atomic E-state index is 16.3. The second-order valence-electron chi connectivity index (χ2n) is 40.4. The summed E-state index contributed by atoms with van der Waals surface area (Å²) in [6.45, 7) is 34.0. The van der Waals surface area contributed by atoms with Gasteiger partial charge in [0.2, 0.25) is 29.5 Å². The number of Topliss-reactive ketones (excluding diaryl/α,β-unsaturated/α-hetero) is 5. The monoisotopic (exact) mass is 1930 g/mol. The number of aromatic nitrogens is 4. The summed E-state index contributed by atoms with van der Waals surface area (Å²) in [4.78, 5) is 179. The molecule has 31 nitrogen and oxygen atoms in total. The Morgan fingerprint density at radius 3 is 1.72 bits per heavy atom. The molecule has 139 heavy (non-hydrogen) atoms. The van der Waals surface area contributed by atoms with Gasteiger partial charge in [-0.05, 0) is 238 Å². The zero-order chi connectivity index (χ0) is 103. The minimum absolute atomic E-state index is 0.0126. The van der Waals surface area contributed by atoms with Gasteiger partial charge in [-0.25, -0.2) is 4.39 Å². The zero-order valence-electron chi connectivity index (χ0n) is 85.2. The number of tetrazole rings is 1. The van der Waals surface area contributed by atoms with E-state index in [-0.39, 0.29) is 43.7 Å². The van der Waals surface area contributed by atoms with Gasteiger partial charge in [-0.2, -0.15) is 5.21 Å². The van der Waals surface area contributed by atoms with E-state index in [9.17, 15) is 24.0 Å². The van der Waals surface area contributed by atoms with Gasteiger partial charge in [-0.1, -0.05) is 135 Å². The third-order valence-electron chi connectivity index (χ3n) is 23.4. The lowest BCUT2D eigenvalue weighted by molar-refractivity contribution is -0.157. The van der Waals surface area contributed by atoms with Crippen LogP contribution >= 0.6 is 0 Å². The van der Waals surface area contributed by atoms with Crippen molar-refractivity contribution in [3.05, 3.63) is 184 Å². The standard InChI is InChI=1S/C107H148FN11O20/c1-23-25-28-48-134-79-43-44-80(71(24-2)53-79)72-36-34-69(35-37-72)52-75(100(129)111-84(33-29-30-70-50-64(3)49-65(4)51-70)89(122)57-82(81-45-42-78(132-21)56-92(81)133-22)73-38-40-77(41-39-73)135-63-93(110)125)54-88(121)86(59-96(127)139-106(17,18)19)113-101(130)76(62-136-103(8,9)10)55-90(123)97(67(6)137-104(11,12)13)115-102(131)107(20,60-74-31-26-27-32-83(74)108)61-91(124)98(68(7)138-105(14,15)16)114-95(126)47-46-87(120)85(112-99(128)66(5)109)58-94-116-118-119-117-94/h26-27,31-32,34-45,49-51,53,56,66-68,75-76,82,84-86,97-98H,23-25,28-30,33,46-48,52,54-55,57-63,109H2,1-22H3,(H2,110,125)(H,111,129)(H,112,128)(H,113,130)(H,114,126)(H,115,131)(H,116,117,118,119)/t66-,67+,68+,75+,76-,82?,84-,85-,86-,97-,98-,107+/m0/s1. The molecule has 0 radical (unpaired) electrons. The largest absolute Gasteiger partial charge is 0.497 e. The molecule has 10 N–H and O–H groups in total. The van der Waals surface area contributed by atoms with E-state index in [1.165, 1.54) is 66.2 Å². The highest BCUT2D eigenvalue weighted by Gasteiger charge is 2.45. The number of esters is 1. The number of H-pyrrole nitrogens is 1. The van der Waals surface area contributed by atoms with Crippen LogP contribution < -0.4 is 57.0 Å². The van der Waals surface area contributed by atoms with Crippen molar-refractivity contribution in [3.63, 3.8) is 0 Å². The van der Waals surface area contributed by atoms with Crippen molar-refractivity contribution >= 4 is 70.3 Å². The lowest BCUT2D eigenvalue weighted by Crippen LogP contribution is -2.57. The molecule has 0 aliphatic carbocycles. The Kier molecular flexibility index (Phi) is 43.3. The molecule has 7 aromatic rings. The first-order chi connectivity index (χ1) is 65.2. The van der Waals surface area contributed by atoms with Crippen molar-refractivity contribution in [1.82, 2.24) is 47.2 Å². The van der Waals surface area contributed by atoms with Gasteiger partial charge in [-0.15, -0.1) is 10.2 Å². The zero-order valence-corrected chi connectivity index (χ0v) is 85.2. The van der Waals surface area contributed by atoms with Crippen LogP contribution in [0.1, 0.15) is 258 Å². The molecule has 32 heteroatoms. The molecule has 1 aromatic heterocycles. The van der Waals surface area contributed by atoms with Gasteiger partial charge >= 0.3 is 5.97 Å². The van der Waals surface area contributed by atoms with Crippen molar-refractivity contribution in [2.24, 2.45) is 28.7 Å². The molecule has 0 saturated heterocycles. The summed E-state index contributed by atoms with van der Waals surface area (Å²) in [7, 11) is 3.01. The number of methoxy groups -OCH3 is 2. The highest BCUT2D eigenvalue weighted by atomic mass is 19.1. The Balaban J connectivity index is 1.31. The fourth-order valence-electron chi connectivity index (χ4n) is 16.6. The smallest absolute Gasteiger partial charge is 0.308 e. The average Bonchev–Trinajstić information content (AvgIpc) is 1.05. The quantitative estimate of drug-likeness (QED) is 0.0130. The van der Waals surface area contributed by atoms with E-state index in [2.05, 4.69) is 79.3 Å². The van der Waals surface area contributed by atoms with Crippen LogP contribution in [0.25, 0.3) is 11.1 Å². The van der Waals surface area contributed by atoms with Gasteiger partial charge in [0.05, 0.1) is 98.4 Å². The Bertz CT molecular complexity index is 5270. The van der Waals surface area contributed by atoms with Crippen molar-refractivity contribution in [1.29, 1.82) is 0 Å². The topological polar surface area (TPSA) is 445 Å². The number of ketones is 5. The van der Waals surface area contributed by atoms with Crippen LogP contribution in [0, 0.1) is 36.9 Å². The number of nitrogens with zero attached hydrogens (tertiary/aromatic N) is 3. The molecule has 7 rings (SSSR count). The number of halogens is 1. The number of aryl methyl sites for hydroxylation is 4. The summed E-state index contributed by atoms with van der Waals surface area (Å²) >= 11 is 0. The summed E-state index contributed by atoms with van der Waals surface area (Å²) in [6.07, 6.45) is -2.65. The minimum Gasteiger partial charge on any atom is -0.497 e. The van der Waals surface area contributed by atoms with Gasteiger partial charge in [-0.3, -0.25) is 57.5 Å². The second-order valence-corrected chi connectivity index (χ2v) is 40.4. The molecule has 6 amide bonds. The first-order valence-corrected chi connectivity index (χ1v) is 48.0. The number of carbonyl (C=O) groups excluding carboxylic acids is 12. The summed E-state index contributed by atoms with van der Waals surface area (Å²) < 4.78 is 64.7. The van der Waals surface area contributed by atoms with E-state index in [0.29, 0.717) is 59.8 Å². The highest BCUT2D eigenvalue weighted by Crippen LogP contribution is 2.40. The van der Waals surface area contributed by atoms with Gasteiger partial charge in [0.1, 0.15) is 46.5 Å². The number of ether oxygens (including phenoxy) is 8. The van der Waals surface area contributed by atoms with Crippen LogP contribution in [0.5, 0.6) is 23.0 Å². The maximum absolute atomic E-state index is 16.3. The van der Waals surface area contributed by atoms with E-state index in [0.717, 1.165) is 58.4 Å². The number of aromatic amines is 1. The fraction of sp³-hybridized carbons (Fsp3) is 0.542. The molecule has 0 aliphatic rings. The normalized spacial score (nSPS) is 14.7. The van der Waals surface area contributed by atoms with Gasteiger partial charge < -0.3 is 75.9 Å². The summed E-state index contributed by atoms with van der Waals surface area (Å²) in [5, 5.41) is 27.7. The Labute approximate surface area is 818 Å². The van der Waals surface area contributed by atoms with E-state index in [4.69, 9.17) is 49.4 Å². The van der Waals surface area contributed by atoms with Crippen molar-refractivity contribution in [3.8, 4) is 34.1 Å². The second kappa shape index (κ2) is 52.9. The number of unbranched alkanes of at least 4 members (excludes halogenated alkanes) is 2. The van der Waals surface area contributed by atoms with E-state index < -0.39 is 222 Å². The van der Waals surface area contributed by atoms with Crippen molar-refractivity contribution < 1.29 is 99.8 Å².